The minimum absolute atomic E-state index is 0.0955. The van der Waals surface area contributed by atoms with Crippen LogP contribution >= 0.6 is 0 Å². The number of urea groups is 1. The molecule has 2 atom stereocenters. The zero-order chi connectivity index (χ0) is 10.3. The number of amides is 3. The quantitative estimate of drug-likeness (QED) is 0.584. The Labute approximate surface area is 83.0 Å². The van der Waals surface area contributed by atoms with Crippen molar-refractivity contribution >= 4 is 11.9 Å². The van der Waals surface area contributed by atoms with Gasteiger partial charge in [0.1, 0.15) is 6.04 Å². The normalized spacial score (nSPS) is 33.3. The SMILES string of the molecule is CC1C(=O)N(C)C(=O)N1C1CCNC1. The summed E-state index contributed by atoms with van der Waals surface area (Å²) in [5.74, 6) is -0.0955. The van der Waals surface area contributed by atoms with E-state index in [2.05, 4.69) is 5.32 Å². The number of nitrogens with zero attached hydrogens (tertiary/aromatic N) is 2. The summed E-state index contributed by atoms with van der Waals surface area (Å²) in [7, 11) is 1.55. The molecule has 2 saturated heterocycles. The molecule has 2 aliphatic rings. The maximum atomic E-state index is 11.7. The van der Waals surface area contributed by atoms with Crippen molar-refractivity contribution in [3.05, 3.63) is 0 Å². The highest BCUT2D eigenvalue weighted by atomic mass is 16.2. The second kappa shape index (κ2) is 3.24. The molecule has 2 heterocycles. The van der Waals surface area contributed by atoms with Crippen LogP contribution in [0.2, 0.25) is 0 Å². The van der Waals surface area contributed by atoms with E-state index in [1.54, 1.807) is 18.9 Å². The summed E-state index contributed by atoms with van der Waals surface area (Å²) >= 11 is 0. The fourth-order valence-electron chi connectivity index (χ4n) is 2.18. The highest BCUT2D eigenvalue weighted by Gasteiger charge is 2.44. The topological polar surface area (TPSA) is 52.7 Å². The van der Waals surface area contributed by atoms with Crippen LogP contribution in [0.3, 0.4) is 0 Å². The highest BCUT2D eigenvalue weighted by Crippen LogP contribution is 2.21. The van der Waals surface area contributed by atoms with Gasteiger partial charge in [-0.15, -0.1) is 0 Å². The van der Waals surface area contributed by atoms with Crippen molar-refractivity contribution in [2.45, 2.75) is 25.4 Å². The molecule has 0 aromatic rings. The average molecular weight is 197 g/mol. The summed E-state index contributed by atoms with van der Waals surface area (Å²) in [5, 5.41) is 3.20. The van der Waals surface area contributed by atoms with Crippen LogP contribution in [-0.4, -0.2) is 54.0 Å². The Bertz CT molecular complexity index is 273. The van der Waals surface area contributed by atoms with Crippen molar-refractivity contribution < 1.29 is 9.59 Å². The van der Waals surface area contributed by atoms with Crippen LogP contribution in [0.15, 0.2) is 0 Å². The zero-order valence-corrected chi connectivity index (χ0v) is 8.49. The second-order valence-corrected chi connectivity index (χ2v) is 3.91. The third-order valence-electron chi connectivity index (χ3n) is 3.04. The summed E-state index contributed by atoms with van der Waals surface area (Å²) in [4.78, 5) is 26.2. The number of hydrogen-bond acceptors (Lipinski definition) is 3. The standard InChI is InChI=1S/C9H15N3O2/c1-6-8(13)11(2)9(14)12(6)7-3-4-10-5-7/h6-7,10H,3-5H2,1-2H3. The molecule has 2 rings (SSSR count). The van der Waals surface area contributed by atoms with E-state index in [1.165, 1.54) is 4.90 Å². The summed E-state index contributed by atoms with van der Waals surface area (Å²) < 4.78 is 0. The second-order valence-electron chi connectivity index (χ2n) is 3.91. The Morgan fingerprint density at radius 3 is 2.57 bits per heavy atom. The lowest BCUT2D eigenvalue weighted by Crippen LogP contribution is -2.43. The maximum absolute atomic E-state index is 11.7. The van der Waals surface area contributed by atoms with Crippen LogP contribution in [0.1, 0.15) is 13.3 Å². The molecule has 78 valence electrons. The van der Waals surface area contributed by atoms with Crippen LogP contribution in [0.25, 0.3) is 0 Å². The lowest BCUT2D eigenvalue weighted by molar-refractivity contribution is -0.127. The molecule has 0 aliphatic carbocycles. The van der Waals surface area contributed by atoms with Crippen molar-refractivity contribution in [2.24, 2.45) is 0 Å². The molecule has 0 spiro atoms. The first-order chi connectivity index (χ1) is 6.63. The fourth-order valence-corrected chi connectivity index (χ4v) is 2.18. The maximum Gasteiger partial charge on any atom is 0.327 e. The molecule has 0 radical (unpaired) electrons. The molecule has 2 aliphatic heterocycles. The minimum Gasteiger partial charge on any atom is -0.315 e. The van der Waals surface area contributed by atoms with Crippen LogP contribution in [0, 0.1) is 0 Å². The predicted octanol–water partition coefficient (Wildman–Crippen LogP) is -0.369. The van der Waals surface area contributed by atoms with Gasteiger partial charge in [0.25, 0.3) is 5.91 Å². The number of imide groups is 1. The van der Waals surface area contributed by atoms with Crippen molar-refractivity contribution in [1.82, 2.24) is 15.1 Å². The van der Waals surface area contributed by atoms with Crippen molar-refractivity contribution in [2.75, 3.05) is 20.1 Å². The third-order valence-corrected chi connectivity index (χ3v) is 3.04. The molecule has 0 aromatic heterocycles. The third kappa shape index (κ3) is 1.19. The number of hydrogen-bond donors (Lipinski definition) is 1. The van der Waals surface area contributed by atoms with Gasteiger partial charge in [-0.05, 0) is 19.9 Å². The van der Waals surface area contributed by atoms with E-state index >= 15 is 0 Å². The Balaban J connectivity index is 2.18. The van der Waals surface area contributed by atoms with Crippen molar-refractivity contribution in [1.29, 1.82) is 0 Å². The lowest BCUT2D eigenvalue weighted by atomic mass is 10.2. The van der Waals surface area contributed by atoms with E-state index in [4.69, 9.17) is 0 Å². The monoisotopic (exact) mass is 197 g/mol. The molecule has 2 unspecified atom stereocenters. The van der Waals surface area contributed by atoms with Crippen molar-refractivity contribution in [3.8, 4) is 0 Å². The zero-order valence-electron chi connectivity index (χ0n) is 8.49. The Morgan fingerprint density at radius 1 is 1.43 bits per heavy atom. The van der Waals surface area contributed by atoms with Gasteiger partial charge in [-0.1, -0.05) is 0 Å². The van der Waals surface area contributed by atoms with Gasteiger partial charge in [0.2, 0.25) is 0 Å². The molecule has 0 saturated carbocycles. The van der Waals surface area contributed by atoms with Gasteiger partial charge < -0.3 is 10.2 Å². The molecule has 0 aromatic carbocycles. The number of carbonyl (C=O) groups excluding carboxylic acids is 2. The van der Waals surface area contributed by atoms with Gasteiger partial charge in [0, 0.05) is 19.6 Å². The molecule has 5 nitrogen and oxygen atoms in total. The summed E-state index contributed by atoms with van der Waals surface area (Å²) in [5.41, 5.74) is 0. The number of nitrogens with one attached hydrogen (secondary N) is 1. The van der Waals surface area contributed by atoms with Gasteiger partial charge >= 0.3 is 6.03 Å². The summed E-state index contributed by atoms with van der Waals surface area (Å²) in [6.45, 7) is 3.53. The lowest BCUT2D eigenvalue weighted by Gasteiger charge is -2.25. The Kier molecular flexibility index (Phi) is 2.19. The van der Waals surface area contributed by atoms with Crippen molar-refractivity contribution in [3.63, 3.8) is 0 Å². The van der Waals surface area contributed by atoms with Gasteiger partial charge in [-0.2, -0.15) is 0 Å². The average Bonchev–Trinajstić information content (AvgIpc) is 2.73. The minimum atomic E-state index is -0.294. The van der Waals surface area contributed by atoms with Crippen LogP contribution in [0.5, 0.6) is 0 Å². The van der Waals surface area contributed by atoms with Crippen LogP contribution in [-0.2, 0) is 4.79 Å². The van der Waals surface area contributed by atoms with Gasteiger partial charge in [-0.25, -0.2) is 4.79 Å². The number of rotatable bonds is 1. The summed E-state index contributed by atoms with van der Waals surface area (Å²) in [6.07, 6.45) is 0.942. The first-order valence-corrected chi connectivity index (χ1v) is 4.93. The predicted molar refractivity (Wildman–Crippen MR) is 50.7 cm³/mol. The first kappa shape index (κ1) is 9.45. The van der Waals surface area contributed by atoms with E-state index in [9.17, 15) is 9.59 Å². The van der Waals surface area contributed by atoms with Crippen LogP contribution < -0.4 is 5.32 Å². The smallest absolute Gasteiger partial charge is 0.315 e. The summed E-state index contributed by atoms with van der Waals surface area (Å²) in [6, 6.07) is -0.264. The van der Waals surface area contributed by atoms with E-state index in [1.807, 2.05) is 0 Å². The highest BCUT2D eigenvalue weighted by molar-refractivity contribution is 6.03. The molecule has 14 heavy (non-hydrogen) atoms. The molecule has 3 amide bonds. The van der Waals surface area contributed by atoms with E-state index in [0.717, 1.165) is 19.5 Å². The van der Waals surface area contributed by atoms with Gasteiger partial charge in [0.05, 0.1) is 0 Å². The Morgan fingerprint density at radius 2 is 2.14 bits per heavy atom. The largest absolute Gasteiger partial charge is 0.327 e. The molecular formula is C9H15N3O2. The fraction of sp³-hybridized carbons (Fsp3) is 0.778. The Hall–Kier alpha value is -1.10. The molecule has 0 bridgehead atoms. The van der Waals surface area contributed by atoms with E-state index in [0.29, 0.717) is 0 Å². The molecule has 1 N–H and O–H groups in total. The van der Waals surface area contributed by atoms with E-state index < -0.39 is 0 Å². The first-order valence-electron chi connectivity index (χ1n) is 4.93. The molecule has 5 heteroatoms. The number of carbonyl (C=O) groups is 2. The molecular weight excluding hydrogens is 182 g/mol. The van der Waals surface area contributed by atoms with Crippen LogP contribution in [0.4, 0.5) is 4.79 Å². The number of likely N-dealkylation sites (N-methyl/N-ethyl adjacent to an activating group) is 1. The molecule has 2 fully saturated rings. The van der Waals surface area contributed by atoms with Gasteiger partial charge in [0.15, 0.2) is 0 Å². The van der Waals surface area contributed by atoms with Gasteiger partial charge in [-0.3, -0.25) is 9.69 Å². The van der Waals surface area contributed by atoms with E-state index in [-0.39, 0.29) is 24.0 Å².